The third-order valence-electron chi connectivity index (χ3n) is 4.09. The first-order valence-corrected chi connectivity index (χ1v) is 7.17. The fourth-order valence-corrected chi connectivity index (χ4v) is 2.84. The molecule has 0 saturated heterocycles. The van der Waals surface area contributed by atoms with Crippen LogP contribution in [0.2, 0.25) is 0 Å². The fraction of sp³-hybridized carbons (Fsp3) is 0.667. The first-order valence-electron chi connectivity index (χ1n) is 7.17. The number of rotatable bonds is 4. The molecule has 106 valence electrons. The van der Waals surface area contributed by atoms with Crippen molar-refractivity contribution < 1.29 is 14.3 Å². The number of carbonyl (C=O) groups is 1. The van der Waals surface area contributed by atoms with E-state index >= 15 is 0 Å². The van der Waals surface area contributed by atoms with E-state index in [0.29, 0.717) is 17.7 Å². The van der Waals surface area contributed by atoms with Crippen molar-refractivity contribution in [3.63, 3.8) is 0 Å². The molecule has 2 rings (SSSR count). The van der Waals surface area contributed by atoms with Gasteiger partial charge in [0.05, 0.1) is 6.04 Å². The quantitative estimate of drug-likeness (QED) is 0.816. The fourth-order valence-electron chi connectivity index (χ4n) is 2.84. The van der Waals surface area contributed by atoms with Gasteiger partial charge in [-0.1, -0.05) is 26.2 Å². The van der Waals surface area contributed by atoms with Crippen LogP contribution >= 0.6 is 0 Å². The predicted octanol–water partition coefficient (Wildman–Crippen LogP) is 3.60. The highest BCUT2D eigenvalue weighted by Gasteiger charge is 2.23. The van der Waals surface area contributed by atoms with Crippen LogP contribution < -0.4 is 5.32 Å². The van der Waals surface area contributed by atoms with Crippen molar-refractivity contribution in [3.8, 4) is 0 Å². The molecule has 0 bridgehead atoms. The predicted molar refractivity (Wildman–Crippen MR) is 73.3 cm³/mol. The minimum absolute atomic E-state index is 0.0116. The molecule has 4 heteroatoms. The lowest BCUT2D eigenvalue weighted by Gasteiger charge is -2.26. The van der Waals surface area contributed by atoms with Crippen LogP contribution in [0.5, 0.6) is 0 Å². The van der Waals surface area contributed by atoms with Gasteiger partial charge in [0, 0.05) is 6.04 Å². The van der Waals surface area contributed by atoms with Gasteiger partial charge in [-0.15, -0.1) is 0 Å². The molecule has 1 fully saturated rings. The number of nitrogens with one attached hydrogen (secondary N) is 1. The number of carboxylic acid groups (broad SMARTS) is 1. The minimum atomic E-state index is -1.01. The zero-order valence-electron chi connectivity index (χ0n) is 11.7. The summed E-state index contributed by atoms with van der Waals surface area (Å²) in [4.78, 5) is 10.8. The third kappa shape index (κ3) is 3.60. The van der Waals surface area contributed by atoms with Gasteiger partial charge < -0.3 is 14.8 Å². The van der Waals surface area contributed by atoms with Gasteiger partial charge in [-0.3, -0.25) is 0 Å². The maximum atomic E-state index is 10.8. The van der Waals surface area contributed by atoms with Gasteiger partial charge in [0.15, 0.2) is 0 Å². The molecule has 0 aliphatic heterocycles. The number of hydrogen-bond acceptors (Lipinski definition) is 3. The first-order chi connectivity index (χ1) is 9.08. The molecule has 2 N–H and O–H groups in total. The summed E-state index contributed by atoms with van der Waals surface area (Å²) in [5.74, 6) is 0.367. The first kappa shape index (κ1) is 14.1. The van der Waals surface area contributed by atoms with Gasteiger partial charge >= 0.3 is 5.97 Å². The standard InChI is InChI=1S/C15H23NO3/c1-10-6-4-3-5-7-12(10)16-11(2)13-8-9-14(19-13)15(17)18/h8-12,16H,3-7H2,1-2H3,(H,17,18). The van der Waals surface area contributed by atoms with Crippen LogP contribution in [0.25, 0.3) is 0 Å². The highest BCUT2D eigenvalue weighted by atomic mass is 16.4. The average Bonchev–Trinajstić information content (AvgIpc) is 2.78. The van der Waals surface area contributed by atoms with Crippen molar-refractivity contribution in [1.29, 1.82) is 0 Å². The summed E-state index contributed by atoms with van der Waals surface area (Å²) in [6, 6.07) is 3.82. The summed E-state index contributed by atoms with van der Waals surface area (Å²) < 4.78 is 5.35. The van der Waals surface area contributed by atoms with Crippen LogP contribution in [0.15, 0.2) is 16.5 Å². The molecule has 4 nitrogen and oxygen atoms in total. The SMILES string of the molecule is CC(NC1CCCCCC1C)c1ccc(C(=O)O)o1. The van der Waals surface area contributed by atoms with Crippen LogP contribution in [0.4, 0.5) is 0 Å². The van der Waals surface area contributed by atoms with E-state index in [0.717, 1.165) is 0 Å². The Morgan fingerprint density at radius 1 is 1.37 bits per heavy atom. The molecule has 1 aliphatic rings. The minimum Gasteiger partial charge on any atom is -0.475 e. The Bertz CT molecular complexity index is 427. The Morgan fingerprint density at radius 2 is 2.11 bits per heavy atom. The molecule has 1 heterocycles. The maximum Gasteiger partial charge on any atom is 0.371 e. The number of carboxylic acids is 1. The van der Waals surface area contributed by atoms with Gasteiger partial charge in [-0.05, 0) is 37.8 Å². The lowest BCUT2D eigenvalue weighted by Crippen LogP contribution is -2.36. The van der Waals surface area contributed by atoms with Gasteiger partial charge in [0.25, 0.3) is 0 Å². The molecular weight excluding hydrogens is 242 g/mol. The second kappa shape index (κ2) is 6.24. The van der Waals surface area contributed by atoms with Crippen molar-refractivity contribution in [2.75, 3.05) is 0 Å². The molecule has 0 aromatic carbocycles. The largest absolute Gasteiger partial charge is 0.475 e. The normalized spacial score (nSPS) is 25.8. The van der Waals surface area contributed by atoms with Crippen LogP contribution in [-0.4, -0.2) is 17.1 Å². The second-order valence-corrected chi connectivity index (χ2v) is 5.62. The summed E-state index contributed by atoms with van der Waals surface area (Å²) in [6.45, 7) is 4.32. The molecular formula is C15H23NO3. The van der Waals surface area contributed by atoms with Crippen LogP contribution in [0.1, 0.15) is 68.3 Å². The Labute approximate surface area is 114 Å². The van der Waals surface area contributed by atoms with E-state index in [4.69, 9.17) is 9.52 Å². The Kier molecular flexibility index (Phi) is 4.64. The third-order valence-corrected chi connectivity index (χ3v) is 4.09. The van der Waals surface area contributed by atoms with E-state index in [9.17, 15) is 4.79 Å². The lowest BCUT2D eigenvalue weighted by atomic mass is 9.96. The van der Waals surface area contributed by atoms with Crippen LogP contribution in [0, 0.1) is 5.92 Å². The van der Waals surface area contributed by atoms with E-state index in [1.165, 1.54) is 38.2 Å². The van der Waals surface area contributed by atoms with Crippen molar-refractivity contribution in [2.24, 2.45) is 5.92 Å². The van der Waals surface area contributed by atoms with E-state index in [1.807, 2.05) is 6.92 Å². The van der Waals surface area contributed by atoms with Gasteiger partial charge in [0.2, 0.25) is 5.76 Å². The van der Waals surface area contributed by atoms with E-state index in [1.54, 1.807) is 6.07 Å². The molecule has 1 aliphatic carbocycles. The summed E-state index contributed by atoms with van der Waals surface area (Å²) in [7, 11) is 0. The Balaban J connectivity index is 1.98. The van der Waals surface area contributed by atoms with Crippen molar-refractivity contribution in [3.05, 3.63) is 23.7 Å². The molecule has 1 aromatic heterocycles. The molecule has 1 saturated carbocycles. The molecule has 1 aromatic rings. The van der Waals surface area contributed by atoms with E-state index in [-0.39, 0.29) is 11.8 Å². The zero-order valence-corrected chi connectivity index (χ0v) is 11.7. The molecule has 0 amide bonds. The number of aromatic carboxylic acids is 1. The molecule has 0 spiro atoms. The maximum absolute atomic E-state index is 10.8. The monoisotopic (exact) mass is 265 g/mol. The van der Waals surface area contributed by atoms with E-state index in [2.05, 4.69) is 12.2 Å². The van der Waals surface area contributed by atoms with E-state index < -0.39 is 5.97 Å². The summed E-state index contributed by atoms with van der Waals surface area (Å²) >= 11 is 0. The highest BCUT2D eigenvalue weighted by Crippen LogP contribution is 2.26. The van der Waals surface area contributed by atoms with Crippen molar-refractivity contribution in [2.45, 2.75) is 58.0 Å². The van der Waals surface area contributed by atoms with Gasteiger partial charge in [0.1, 0.15) is 5.76 Å². The highest BCUT2D eigenvalue weighted by molar-refractivity contribution is 5.84. The topological polar surface area (TPSA) is 62.5 Å². The smallest absolute Gasteiger partial charge is 0.371 e. The van der Waals surface area contributed by atoms with Crippen LogP contribution in [0.3, 0.4) is 0 Å². The van der Waals surface area contributed by atoms with Crippen molar-refractivity contribution >= 4 is 5.97 Å². The van der Waals surface area contributed by atoms with Gasteiger partial charge in [-0.2, -0.15) is 0 Å². The second-order valence-electron chi connectivity index (χ2n) is 5.62. The molecule has 3 atom stereocenters. The number of hydrogen-bond donors (Lipinski definition) is 2. The molecule has 0 radical (unpaired) electrons. The summed E-state index contributed by atoms with van der Waals surface area (Å²) in [5.41, 5.74) is 0. The average molecular weight is 265 g/mol. The molecule has 3 unspecified atom stereocenters. The van der Waals surface area contributed by atoms with Crippen LogP contribution in [-0.2, 0) is 0 Å². The molecule has 19 heavy (non-hydrogen) atoms. The summed E-state index contributed by atoms with van der Waals surface area (Å²) in [5, 5.41) is 12.5. The Hall–Kier alpha value is -1.29. The number of furan rings is 1. The summed E-state index contributed by atoms with van der Waals surface area (Å²) in [6.07, 6.45) is 6.37. The lowest BCUT2D eigenvalue weighted by molar-refractivity contribution is 0.0659. The zero-order chi connectivity index (χ0) is 13.8. The van der Waals surface area contributed by atoms with Gasteiger partial charge in [-0.25, -0.2) is 4.79 Å². The Morgan fingerprint density at radius 3 is 2.79 bits per heavy atom. The van der Waals surface area contributed by atoms with Crippen molar-refractivity contribution in [1.82, 2.24) is 5.32 Å².